The molecule has 0 saturated carbocycles. The summed E-state index contributed by atoms with van der Waals surface area (Å²) in [6.07, 6.45) is 0.755. The van der Waals surface area contributed by atoms with Gasteiger partial charge in [0, 0.05) is 31.3 Å². The van der Waals surface area contributed by atoms with Crippen LogP contribution in [-0.4, -0.2) is 36.2 Å². The molecule has 0 radical (unpaired) electrons. The highest BCUT2D eigenvalue weighted by Crippen LogP contribution is 2.18. The summed E-state index contributed by atoms with van der Waals surface area (Å²) in [6, 6.07) is 15.6. The zero-order chi connectivity index (χ0) is 22.1. The van der Waals surface area contributed by atoms with Gasteiger partial charge in [0.25, 0.3) is 0 Å². The first-order valence-corrected chi connectivity index (χ1v) is 11.2. The van der Waals surface area contributed by atoms with Crippen molar-refractivity contribution in [3.8, 4) is 5.75 Å². The third-order valence-electron chi connectivity index (χ3n) is 4.70. The van der Waals surface area contributed by atoms with Crippen molar-refractivity contribution in [1.82, 2.24) is 9.88 Å². The number of benzene rings is 2. The molecule has 0 aliphatic heterocycles. The van der Waals surface area contributed by atoms with E-state index in [0.717, 1.165) is 34.1 Å². The van der Waals surface area contributed by atoms with Crippen molar-refractivity contribution in [1.29, 1.82) is 0 Å². The molecular formula is C24H29N3O3S. The van der Waals surface area contributed by atoms with Crippen molar-refractivity contribution >= 4 is 23.1 Å². The number of anilines is 1. The molecular weight excluding hydrogens is 410 g/mol. The van der Waals surface area contributed by atoms with E-state index in [2.05, 4.69) is 10.3 Å². The van der Waals surface area contributed by atoms with Crippen LogP contribution in [0, 0.1) is 13.8 Å². The monoisotopic (exact) mass is 439 g/mol. The molecule has 2 amide bonds. The number of ether oxygens (including phenoxy) is 2. The Kier molecular flexibility index (Phi) is 8.44. The number of methoxy groups -OCH3 is 1. The van der Waals surface area contributed by atoms with E-state index in [9.17, 15) is 4.79 Å². The molecule has 1 N–H and O–H groups in total. The van der Waals surface area contributed by atoms with Crippen LogP contribution in [0.5, 0.6) is 5.75 Å². The Morgan fingerprint density at radius 2 is 1.74 bits per heavy atom. The number of aromatic nitrogens is 1. The minimum Gasteiger partial charge on any atom is -0.486 e. The van der Waals surface area contributed by atoms with Crippen LogP contribution in [0.2, 0.25) is 0 Å². The normalized spacial score (nSPS) is 10.7. The molecule has 0 fully saturated rings. The third-order valence-corrected chi connectivity index (χ3v) is 5.57. The molecule has 2 aromatic carbocycles. The minimum absolute atomic E-state index is 0.148. The molecule has 0 aliphatic rings. The van der Waals surface area contributed by atoms with Gasteiger partial charge in [0.15, 0.2) is 0 Å². The lowest BCUT2D eigenvalue weighted by Gasteiger charge is -2.22. The summed E-state index contributed by atoms with van der Waals surface area (Å²) in [5, 5.41) is 5.83. The number of carbonyl (C=O) groups excluding carboxylic acids is 1. The average Bonchev–Trinajstić information content (AvgIpc) is 3.22. The summed E-state index contributed by atoms with van der Waals surface area (Å²) in [7, 11) is 1.66. The lowest BCUT2D eigenvalue weighted by atomic mass is 10.2. The first-order chi connectivity index (χ1) is 15.0. The largest absolute Gasteiger partial charge is 0.486 e. The second-order valence-corrected chi connectivity index (χ2v) is 8.34. The SMILES string of the molecule is COCCCN(Cc1csc(COc2ccc(C)cc2)n1)C(=O)Nc1ccc(C)cc1. The van der Waals surface area contributed by atoms with Crippen LogP contribution in [0.1, 0.15) is 28.2 Å². The van der Waals surface area contributed by atoms with Crippen molar-refractivity contribution in [3.05, 3.63) is 75.7 Å². The number of amides is 2. The number of rotatable bonds is 10. The van der Waals surface area contributed by atoms with Crippen molar-refractivity contribution in [2.24, 2.45) is 0 Å². The van der Waals surface area contributed by atoms with Gasteiger partial charge in [-0.2, -0.15) is 0 Å². The maximum atomic E-state index is 12.9. The van der Waals surface area contributed by atoms with Crippen LogP contribution in [-0.2, 0) is 17.9 Å². The topological polar surface area (TPSA) is 63.7 Å². The fourth-order valence-corrected chi connectivity index (χ4v) is 3.65. The molecule has 0 saturated heterocycles. The number of hydrogen-bond donors (Lipinski definition) is 1. The van der Waals surface area contributed by atoms with E-state index in [1.54, 1.807) is 23.3 Å². The molecule has 3 aromatic rings. The second-order valence-electron chi connectivity index (χ2n) is 7.40. The van der Waals surface area contributed by atoms with E-state index in [-0.39, 0.29) is 6.03 Å². The first-order valence-electron chi connectivity index (χ1n) is 10.3. The van der Waals surface area contributed by atoms with E-state index in [1.165, 1.54) is 5.56 Å². The number of thiazole rings is 1. The molecule has 7 heteroatoms. The van der Waals surface area contributed by atoms with Crippen LogP contribution >= 0.6 is 11.3 Å². The molecule has 1 heterocycles. The lowest BCUT2D eigenvalue weighted by molar-refractivity contribution is 0.171. The van der Waals surface area contributed by atoms with Crippen molar-refractivity contribution in [2.45, 2.75) is 33.4 Å². The Bertz CT molecular complexity index is 955. The van der Waals surface area contributed by atoms with Gasteiger partial charge in [-0.3, -0.25) is 0 Å². The summed E-state index contributed by atoms with van der Waals surface area (Å²) in [5.41, 5.74) is 3.97. The van der Waals surface area contributed by atoms with E-state index >= 15 is 0 Å². The van der Waals surface area contributed by atoms with Gasteiger partial charge in [-0.1, -0.05) is 35.4 Å². The molecule has 0 unspecified atom stereocenters. The van der Waals surface area contributed by atoms with Gasteiger partial charge in [-0.15, -0.1) is 11.3 Å². The number of urea groups is 1. The van der Waals surface area contributed by atoms with Crippen LogP contribution in [0.3, 0.4) is 0 Å². The Morgan fingerprint density at radius 3 is 2.42 bits per heavy atom. The number of nitrogens with zero attached hydrogens (tertiary/aromatic N) is 2. The van der Waals surface area contributed by atoms with Crippen molar-refractivity contribution in [3.63, 3.8) is 0 Å². The Morgan fingerprint density at radius 1 is 1.06 bits per heavy atom. The number of nitrogens with one attached hydrogen (secondary N) is 1. The van der Waals surface area contributed by atoms with Crippen molar-refractivity contribution in [2.75, 3.05) is 25.6 Å². The van der Waals surface area contributed by atoms with E-state index < -0.39 is 0 Å². The second kappa shape index (κ2) is 11.5. The molecule has 0 bridgehead atoms. The Hall–Kier alpha value is -2.90. The van der Waals surface area contributed by atoms with Crippen LogP contribution in [0.4, 0.5) is 10.5 Å². The minimum atomic E-state index is -0.148. The summed E-state index contributed by atoms with van der Waals surface area (Å²) in [4.78, 5) is 19.3. The van der Waals surface area contributed by atoms with Gasteiger partial charge in [0.2, 0.25) is 0 Å². The van der Waals surface area contributed by atoms with E-state index in [0.29, 0.717) is 26.3 Å². The first kappa shape index (κ1) is 22.8. The van der Waals surface area contributed by atoms with Crippen LogP contribution < -0.4 is 10.1 Å². The van der Waals surface area contributed by atoms with Gasteiger partial charge in [-0.25, -0.2) is 9.78 Å². The molecule has 0 aliphatic carbocycles. The van der Waals surface area contributed by atoms with Crippen LogP contribution in [0.25, 0.3) is 0 Å². The molecule has 164 valence electrons. The number of aryl methyl sites for hydroxylation is 2. The molecule has 6 nitrogen and oxygen atoms in total. The number of hydrogen-bond acceptors (Lipinski definition) is 5. The average molecular weight is 440 g/mol. The number of carbonyl (C=O) groups is 1. The highest BCUT2D eigenvalue weighted by atomic mass is 32.1. The van der Waals surface area contributed by atoms with E-state index in [1.807, 2.05) is 67.8 Å². The summed E-state index contributed by atoms with van der Waals surface area (Å²) in [5.74, 6) is 0.820. The smallest absolute Gasteiger partial charge is 0.322 e. The Labute approximate surface area is 187 Å². The Balaban J connectivity index is 1.59. The van der Waals surface area contributed by atoms with E-state index in [4.69, 9.17) is 9.47 Å². The highest BCUT2D eigenvalue weighted by Gasteiger charge is 2.16. The molecule has 0 atom stereocenters. The maximum Gasteiger partial charge on any atom is 0.322 e. The predicted molar refractivity (Wildman–Crippen MR) is 125 cm³/mol. The molecule has 3 rings (SSSR count). The van der Waals surface area contributed by atoms with Gasteiger partial charge in [0.05, 0.1) is 12.2 Å². The zero-order valence-corrected chi connectivity index (χ0v) is 19.1. The molecule has 1 aromatic heterocycles. The molecule has 0 spiro atoms. The molecule has 31 heavy (non-hydrogen) atoms. The standard InChI is InChI=1S/C24H29N3O3S/c1-18-5-9-20(10-6-18)26-24(28)27(13-4-14-29-3)15-21-17-31-23(25-21)16-30-22-11-7-19(2)8-12-22/h5-12,17H,4,13-16H2,1-3H3,(H,26,28). The fraction of sp³-hybridized carbons (Fsp3) is 0.333. The lowest BCUT2D eigenvalue weighted by Crippen LogP contribution is -2.35. The van der Waals surface area contributed by atoms with Gasteiger partial charge >= 0.3 is 6.03 Å². The van der Waals surface area contributed by atoms with Crippen LogP contribution in [0.15, 0.2) is 53.9 Å². The fourth-order valence-electron chi connectivity index (χ4n) is 2.95. The summed E-state index contributed by atoms with van der Waals surface area (Å²) >= 11 is 1.54. The maximum absolute atomic E-state index is 12.9. The van der Waals surface area contributed by atoms with Gasteiger partial charge in [0.1, 0.15) is 17.4 Å². The summed E-state index contributed by atoms with van der Waals surface area (Å²) in [6.45, 7) is 6.09. The van der Waals surface area contributed by atoms with Gasteiger partial charge in [-0.05, 0) is 44.5 Å². The van der Waals surface area contributed by atoms with Gasteiger partial charge < -0.3 is 19.7 Å². The zero-order valence-electron chi connectivity index (χ0n) is 18.3. The third kappa shape index (κ3) is 7.38. The highest BCUT2D eigenvalue weighted by molar-refractivity contribution is 7.09. The predicted octanol–water partition coefficient (Wildman–Crippen LogP) is 5.41. The van der Waals surface area contributed by atoms with Crippen molar-refractivity contribution < 1.29 is 14.3 Å². The quantitative estimate of drug-likeness (QED) is 0.429. The summed E-state index contributed by atoms with van der Waals surface area (Å²) < 4.78 is 11.0.